The molecular formula is C15H20ClFN2O. The molecule has 1 aliphatic rings. The summed E-state index contributed by atoms with van der Waals surface area (Å²) in [5.41, 5.74) is 0.720. The smallest absolute Gasteiger partial charge is 0.223 e. The Bertz CT molecular complexity index is 461. The van der Waals surface area contributed by atoms with Gasteiger partial charge in [0.25, 0.3) is 0 Å². The van der Waals surface area contributed by atoms with Crippen LogP contribution in [-0.4, -0.2) is 30.4 Å². The van der Waals surface area contributed by atoms with E-state index in [0.717, 1.165) is 31.5 Å². The molecule has 1 N–H and O–H groups in total. The first-order valence-electron chi connectivity index (χ1n) is 7.09. The number of hydrogen-bond donors (Lipinski definition) is 1. The largest absolute Gasteiger partial charge is 0.343 e. The van der Waals surface area contributed by atoms with E-state index in [9.17, 15) is 9.18 Å². The maximum atomic E-state index is 13.1. The molecule has 0 unspecified atom stereocenters. The lowest BCUT2D eigenvalue weighted by Gasteiger charge is -2.26. The zero-order chi connectivity index (χ0) is 14.4. The Kier molecular flexibility index (Phi) is 5.80. The highest BCUT2D eigenvalue weighted by atomic mass is 35.5. The van der Waals surface area contributed by atoms with Gasteiger partial charge >= 0.3 is 0 Å². The van der Waals surface area contributed by atoms with Crippen LogP contribution < -0.4 is 5.32 Å². The van der Waals surface area contributed by atoms with Gasteiger partial charge in [-0.05, 0) is 43.0 Å². The van der Waals surface area contributed by atoms with Crippen molar-refractivity contribution in [2.75, 3.05) is 19.6 Å². The number of benzene rings is 1. The number of piperidine rings is 1. The van der Waals surface area contributed by atoms with Gasteiger partial charge in [0, 0.05) is 37.6 Å². The third-order valence-electron chi connectivity index (χ3n) is 3.55. The fraction of sp³-hybridized carbons (Fsp3) is 0.533. The number of rotatable bonds is 5. The van der Waals surface area contributed by atoms with Crippen molar-refractivity contribution in [2.45, 2.75) is 32.2 Å². The fourth-order valence-corrected chi connectivity index (χ4v) is 2.58. The van der Waals surface area contributed by atoms with Crippen LogP contribution >= 0.6 is 11.6 Å². The first-order valence-corrected chi connectivity index (χ1v) is 7.47. The van der Waals surface area contributed by atoms with Crippen LogP contribution in [0.25, 0.3) is 0 Å². The Hall–Kier alpha value is -1.13. The van der Waals surface area contributed by atoms with Crippen molar-refractivity contribution in [1.82, 2.24) is 10.2 Å². The number of halogens is 2. The molecule has 1 heterocycles. The van der Waals surface area contributed by atoms with Gasteiger partial charge in [-0.2, -0.15) is 0 Å². The number of nitrogens with one attached hydrogen (secondary N) is 1. The second-order valence-corrected chi connectivity index (χ2v) is 5.51. The van der Waals surface area contributed by atoms with Crippen LogP contribution in [0.5, 0.6) is 0 Å². The van der Waals surface area contributed by atoms with E-state index in [1.165, 1.54) is 18.6 Å². The predicted molar refractivity (Wildman–Crippen MR) is 78.2 cm³/mol. The molecule has 1 amide bonds. The Morgan fingerprint density at radius 2 is 2.05 bits per heavy atom. The molecule has 1 fully saturated rings. The summed E-state index contributed by atoms with van der Waals surface area (Å²) in [6.45, 7) is 2.83. The molecule has 1 aliphatic heterocycles. The van der Waals surface area contributed by atoms with Crippen molar-refractivity contribution in [1.29, 1.82) is 0 Å². The van der Waals surface area contributed by atoms with Crippen molar-refractivity contribution in [2.24, 2.45) is 0 Å². The lowest BCUT2D eigenvalue weighted by Crippen LogP contribution is -2.37. The van der Waals surface area contributed by atoms with Crippen molar-refractivity contribution in [3.63, 3.8) is 0 Å². The van der Waals surface area contributed by atoms with Gasteiger partial charge in [0.05, 0.1) is 0 Å². The quantitative estimate of drug-likeness (QED) is 0.848. The molecule has 110 valence electrons. The van der Waals surface area contributed by atoms with Gasteiger partial charge in [0.2, 0.25) is 5.91 Å². The molecule has 1 saturated heterocycles. The van der Waals surface area contributed by atoms with E-state index in [2.05, 4.69) is 5.32 Å². The minimum atomic E-state index is -0.296. The van der Waals surface area contributed by atoms with E-state index in [-0.39, 0.29) is 11.7 Å². The summed E-state index contributed by atoms with van der Waals surface area (Å²) < 4.78 is 13.1. The SMILES string of the molecule is O=C(CCNCc1cc(F)ccc1Cl)N1CCCCC1. The molecule has 5 heteroatoms. The number of hydrogen-bond acceptors (Lipinski definition) is 2. The lowest BCUT2D eigenvalue weighted by molar-refractivity contribution is -0.131. The second-order valence-electron chi connectivity index (χ2n) is 5.10. The molecule has 0 radical (unpaired) electrons. The molecular weight excluding hydrogens is 279 g/mol. The molecule has 0 saturated carbocycles. The van der Waals surface area contributed by atoms with Crippen molar-refractivity contribution in [3.05, 3.63) is 34.6 Å². The summed E-state index contributed by atoms with van der Waals surface area (Å²) in [7, 11) is 0. The molecule has 0 aromatic heterocycles. The predicted octanol–water partition coefficient (Wildman–Crippen LogP) is 2.97. The van der Waals surface area contributed by atoms with E-state index in [0.29, 0.717) is 24.5 Å². The molecule has 0 bridgehead atoms. The molecule has 0 aliphatic carbocycles. The van der Waals surface area contributed by atoms with Gasteiger partial charge < -0.3 is 10.2 Å². The van der Waals surface area contributed by atoms with Gasteiger partial charge in [-0.1, -0.05) is 11.6 Å². The topological polar surface area (TPSA) is 32.3 Å². The number of likely N-dealkylation sites (tertiary alicyclic amines) is 1. The highest BCUT2D eigenvalue weighted by Crippen LogP contribution is 2.16. The van der Waals surface area contributed by atoms with Gasteiger partial charge in [0.15, 0.2) is 0 Å². The van der Waals surface area contributed by atoms with Crippen LogP contribution in [-0.2, 0) is 11.3 Å². The second kappa shape index (κ2) is 7.60. The van der Waals surface area contributed by atoms with Crippen molar-refractivity contribution >= 4 is 17.5 Å². The summed E-state index contributed by atoms with van der Waals surface area (Å²) in [6.07, 6.45) is 3.92. The summed E-state index contributed by atoms with van der Waals surface area (Å²) >= 11 is 5.98. The van der Waals surface area contributed by atoms with E-state index < -0.39 is 0 Å². The monoisotopic (exact) mass is 298 g/mol. The highest BCUT2D eigenvalue weighted by Gasteiger charge is 2.15. The Labute approximate surface area is 124 Å². The maximum absolute atomic E-state index is 13.1. The molecule has 20 heavy (non-hydrogen) atoms. The summed E-state index contributed by atoms with van der Waals surface area (Å²) in [4.78, 5) is 13.9. The number of carbonyl (C=O) groups is 1. The summed E-state index contributed by atoms with van der Waals surface area (Å²) in [5, 5.41) is 3.68. The van der Waals surface area contributed by atoms with Crippen LogP contribution in [0.15, 0.2) is 18.2 Å². The first kappa shape index (κ1) is 15.3. The molecule has 0 atom stereocenters. The minimum absolute atomic E-state index is 0.197. The molecule has 1 aromatic rings. The average molecular weight is 299 g/mol. The average Bonchev–Trinajstić information content (AvgIpc) is 2.47. The van der Waals surface area contributed by atoms with Crippen LogP contribution in [0, 0.1) is 5.82 Å². The van der Waals surface area contributed by atoms with Crippen molar-refractivity contribution < 1.29 is 9.18 Å². The normalized spacial score (nSPS) is 15.4. The highest BCUT2D eigenvalue weighted by molar-refractivity contribution is 6.31. The van der Waals surface area contributed by atoms with E-state index >= 15 is 0 Å². The zero-order valence-corrected chi connectivity index (χ0v) is 12.3. The molecule has 0 spiro atoms. The third kappa shape index (κ3) is 4.46. The van der Waals surface area contributed by atoms with Gasteiger partial charge in [0.1, 0.15) is 5.82 Å². The lowest BCUT2D eigenvalue weighted by atomic mass is 10.1. The number of nitrogens with zero attached hydrogens (tertiary/aromatic N) is 1. The zero-order valence-electron chi connectivity index (χ0n) is 11.5. The Morgan fingerprint density at radius 3 is 2.80 bits per heavy atom. The fourth-order valence-electron chi connectivity index (χ4n) is 2.40. The van der Waals surface area contributed by atoms with E-state index in [1.807, 2.05) is 4.90 Å². The van der Waals surface area contributed by atoms with Gasteiger partial charge in [-0.3, -0.25) is 4.79 Å². The number of carbonyl (C=O) groups excluding carboxylic acids is 1. The third-order valence-corrected chi connectivity index (χ3v) is 3.92. The van der Waals surface area contributed by atoms with E-state index in [4.69, 9.17) is 11.6 Å². The van der Waals surface area contributed by atoms with Crippen LogP contribution in [0.3, 0.4) is 0 Å². The number of amides is 1. The van der Waals surface area contributed by atoms with Crippen LogP contribution in [0.2, 0.25) is 5.02 Å². The minimum Gasteiger partial charge on any atom is -0.343 e. The molecule has 1 aromatic carbocycles. The van der Waals surface area contributed by atoms with E-state index in [1.54, 1.807) is 6.07 Å². The van der Waals surface area contributed by atoms with Gasteiger partial charge in [-0.25, -0.2) is 4.39 Å². The molecule has 3 nitrogen and oxygen atoms in total. The standard InChI is InChI=1S/C15H20ClFN2O/c16-14-5-4-13(17)10-12(14)11-18-7-6-15(20)19-8-2-1-3-9-19/h4-5,10,18H,1-3,6-9,11H2. The maximum Gasteiger partial charge on any atom is 0.223 e. The van der Waals surface area contributed by atoms with Crippen molar-refractivity contribution in [3.8, 4) is 0 Å². The van der Waals surface area contributed by atoms with Crippen LogP contribution in [0.1, 0.15) is 31.2 Å². The Balaban J connectivity index is 1.70. The molecule has 2 rings (SSSR count). The Morgan fingerprint density at radius 1 is 1.30 bits per heavy atom. The van der Waals surface area contributed by atoms with Crippen LogP contribution in [0.4, 0.5) is 4.39 Å². The summed E-state index contributed by atoms with van der Waals surface area (Å²) in [6, 6.07) is 4.31. The first-order chi connectivity index (χ1) is 9.66. The summed E-state index contributed by atoms with van der Waals surface area (Å²) in [5.74, 6) is -0.0990. The van der Waals surface area contributed by atoms with Gasteiger partial charge in [-0.15, -0.1) is 0 Å².